The first-order valence-corrected chi connectivity index (χ1v) is 9.69. The van der Waals surface area contributed by atoms with E-state index in [2.05, 4.69) is 5.32 Å². The number of hydrogen-bond acceptors (Lipinski definition) is 3. The lowest BCUT2D eigenvalue weighted by Gasteiger charge is -2.34. The molecule has 0 aromatic heterocycles. The average Bonchev–Trinajstić information content (AvgIpc) is 2.73. The Hall–Kier alpha value is -3.03. The summed E-state index contributed by atoms with van der Waals surface area (Å²) in [7, 11) is 1.20. The van der Waals surface area contributed by atoms with E-state index in [1.807, 2.05) is 6.92 Å². The summed E-state index contributed by atoms with van der Waals surface area (Å²) in [5.41, 5.74) is -0.331. The number of carbonyl (C=O) groups is 2. The molecule has 1 saturated heterocycles. The van der Waals surface area contributed by atoms with Gasteiger partial charge in [-0.3, -0.25) is 9.59 Å². The van der Waals surface area contributed by atoms with Crippen molar-refractivity contribution in [2.75, 3.05) is 19.0 Å². The number of alkyl halides is 3. The van der Waals surface area contributed by atoms with Gasteiger partial charge in [-0.15, -0.1) is 0 Å². The first-order valence-electron chi connectivity index (χ1n) is 9.69. The maximum absolute atomic E-state index is 13.1. The van der Waals surface area contributed by atoms with Gasteiger partial charge in [0.1, 0.15) is 5.75 Å². The molecule has 0 saturated carbocycles. The topological polar surface area (TPSA) is 58.6 Å². The first kappa shape index (κ1) is 21.7. The Labute approximate surface area is 172 Å². The van der Waals surface area contributed by atoms with Crippen LogP contribution in [0.3, 0.4) is 0 Å². The largest absolute Gasteiger partial charge is 0.496 e. The van der Waals surface area contributed by atoms with Crippen LogP contribution in [0.15, 0.2) is 42.5 Å². The predicted octanol–water partition coefficient (Wildman–Crippen LogP) is 4.98. The van der Waals surface area contributed by atoms with Crippen molar-refractivity contribution in [1.82, 2.24) is 4.90 Å². The van der Waals surface area contributed by atoms with Gasteiger partial charge in [0.2, 0.25) is 0 Å². The molecule has 5 nitrogen and oxygen atoms in total. The highest BCUT2D eigenvalue weighted by atomic mass is 19.4. The second-order valence-electron chi connectivity index (χ2n) is 7.26. The molecule has 2 amide bonds. The van der Waals surface area contributed by atoms with Gasteiger partial charge in [-0.25, -0.2) is 0 Å². The normalized spacial score (nSPS) is 16.8. The second kappa shape index (κ2) is 8.77. The minimum atomic E-state index is -4.55. The molecule has 0 unspecified atom stereocenters. The Morgan fingerprint density at radius 1 is 1.10 bits per heavy atom. The van der Waals surface area contributed by atoms with Crippen LogP contribution in [0.25, 0.3) is 0 Å². The van der Waals surface area contributed by atoms with Gasteiger partial charge >= 0.3 is 6.18 Å². The molecular weight excluding hydrogens is 397 g/mol. The van der Waals surface area contributed by atoms with Crippen LogP contribution < -0.4 is 10.1 Å². The number of amides is 2. The summed E-state index contributed by atoms with van der Waals surface area (Å²) >= 11 is 0. The van der Waals surface area contributed by atoms with Gasteiger partial charge in [-0.2, -0.15) is 13.2 Å². The number of methoxy groups -OCH3 is 1. The van der Waals surface area contributed by atoms with Gasteiger partial charge in [0.25, 0.3) is 11.8 Å². The summed E-state index contributed by atoms with van der Waals surface area (Å²) in [6.07, 6.45) is -1.64. The molecule has 1 atom stereocenters. The molecule has 3 rings (SSSR count). The molecule has 160 valence electrons. The number of hydrogen-bond donors (Lipinski definition) is 1. The van der Waals surface area contributed by atoms with Crippen LogP contribution in [-0.4, -0.2) is 36.4 Å². The number of para-hydroxylation sites is 1. The highest BCUT2D eigenvalue weighted by molar-refractivity contribution is 6.10. The molecule has 1 fully saturated rings. The van der Waals surface area contributed by atoms with Gasteiger partial charge in [0.15, 0.2) is 0 Å². The lowest BCUT2D eigenvalue weighted by atomic mass is 10.0. The second-order valence-corrected chi connectivity index (χ2v) is 7.26. The maximum atomic E-state index is 13.1. The molecule has 0 aliphatic carbocycles. The minimum Gasteiger partial charge on any atom is -0.496 e. The van der Waals surface area contributed by atoms with Crippen molar-refractivity contribution in [3.05, 3.63) is 59.2 Å². The zero-order chi connectivity index (χ0) is 21.9. The standard InChI is InChI=1S/C22H23F3N2O3/c1-14-7-5-6-12-27(14)21(29)16-8-3-4-9-18(16)26-20(28)17-11-10-15(22(23,24)25)13-19(17)30-2/h3-4,8-11,13-14H,5-7,12H2,1-2H3,(H,26,28)/t14-/m0/s1. The molecule has 1 N–H and O–H groups in total. The number of rotatable bonds is 4. The van der Waals surface area contributed by atoms with Gasteiger partial charge in [0.05, 0.1) is 29.5 Å². The molecule has 1 heterocycles. The molecule has 30 heavy (non-hydrogen) atoms. The predicted molar refractivity (Wildman–Crippen MR) is 107 cm³/mol. The Balaban J connectivity index is 1.87. The number of anilines is 1. The van der Waals surface area contributed by atoms with Crippen molar-refractivity contribution >= 4 is 17.5 Å². The number of piperidine rings is 1. The molecule has 1 aliphatic rings. The first-order chi connectivity index (χ1) is 14.2. The zero-order valence-electron chi connectivity index (χ0n) is 16.8. The van der Waals surface area contributed by atoms with E-state index in [9.17, 15) is 22.8 Å². The zero-order valence-corrected chi connectivity index (χ0v) is 16.8. The lowest BCUT2D eigenvalue weighted by molar-refractivity contribution is -0.137. The number of benzene rings is 2. The van der Waals surface area contributed by atoms with Crippen molar-refractivity contribution in [3.63, 3.8) is 0 Å². The fraction of sp³-hybridized carbons (Fsp3) is 0.364. The molecule has 2 aromatic carbocycles. The van der Waals surface area contributed by atoms with E-state index in [1.165, 1.54) is 7.11 Å². The van der Waals surface area contributed by atoms with Crippen LogP contribution in [0, 0.1) is 0 Å². The van der Waals surface area contributed by atoms with Gasteiger partial charge < -0.3 is 15.0 Å². The molecular formula is C22H23F3N2O3. The maximum Gasteiger partial charge on any atom is 0.416 e. The van der Waals surface area contributed by atoms with E-state index in [0.717, 1.165) is 37.5 Å². The van der Waals surface area contributed by atoms with Crippen molar-refractivity contribution in [2.24, 2.45) is 0 Å². The van der Waals surface area contributed by atoms with E-state index >= 15 is 0 Å². The number of likely N-dealkylation sites (tertiary alicyclic amines) is 1. The van der Waals surface area contributed by atoms with Crippen LogP contribution in [0.1, 0.15) is 52.5 Å². The summed E-state index contributed by atoms with van der Waals surface area (Å²) in [6.45, 7) is 2.64. The van der Waals surface area contributed by atoms with Crippen molar-refractivity contribution < 1.29 is 27.5 Å². The number of nitrogens with one attached hydrogen (secondary N) is 1. The Kier molecular flexibility index (Phi) is 6.34. The van der Waals surface area contributed by atoms with Crippen molar-refractivity contribution in [2.45, 2.75) is 38.4 Å². The van der Waals surface area contributed by atoms with E-state index in [-0.39, 0.29) is 23.3 Å². The molecule has 0 radical (unpaired) electrons. The Morgan fingerprint density at radius 2 is 1.83 bits per heavy atom. The molecule has 0 spiro atoms. The Bertz CT molecular complexity index is 943. The molecule has 8 heteroatoms. The average molecular weight is 420 g/mol. The summed E-state index contributed by atoms with van der Waals surface area (Å²) in [6, 6.07) is 9.37. The summed E-state index contributed by atoms with van der Waals surface area (Å²) in [4.78, 5) is 27.6. The van der Waals surface area contributed by atoms with Crippen molar-refractivity contribution in [3.8, 4) is 5.75 Å². The van der Waals surface area contributed by atoms with Crippen molar-refractivity contribution in [1.29, 1.82) is 0 Å². The minimum absolute atomic E-state index is 0.0564. The van der Waals surface area contributed by atoms with Crippen LogP contribution in [0.4, 0.5) is 18.9 Å². The fourth-order valence-corrected chi connectivity index (χ4v) is 3.58. The fourth-order valence-electron chi connectivity index (χ4n) is 3.58. The number of nitrogens with zero attached hydrogens (tertiary/aromatic N) is 1. The molecule has 1 aliphatic heterocycles. The highest BCUT2D eigenvalue weighted by Crippen LogP contribution is 2.33. The quantitative estimate of drug-likeness (QED) is 0.759. The third-order valence-electron chi connectivity index (χ3n) is 5.24. The smallest absolute Gasteiger partial charge is 0.416 e. The monoisotopic (exact) mass is 420 g/mol. The van der Waals surface area contributed by atoms with Crippen LogP contribution >= 0.6 is 0 Å². The number of carbonyl (C=O) groups excluding carboxylic acids is 2. The SMILES string of the molecule is COc1cc(C(F)(F)F)ccc1C(=O)Nc1ccccc1C(=O)N1CCCC[C@@H]1C. The third-order valence-corrected chi connectivity index (χ3v) is 5.24. The van der Waals surface area contributed by atoms with Gasteiger partial charge in [-0.05, 0) is 56.5 Å². The lowest BCUT2D eigenvalue weighted by Crippen LogP contribution is -2.42. The Morgan fingerprint density at radius 3 is 2.50 bits per heavy atom. The van der Waals surface area contributed by atoms with Crippen LogP contribution in [-0.2, 0) is 6.18 Å². The van der Waals surface area contributed by atoms with E-state index in [4.69, 9.17) is 4.74 Å². The molecule has 2 aromatic rings. The van der Waals surface area contributed by atoms with E-state index < -0.39 is 17.6 Å². The van der Waals surface area contributed by atoms with Gasteiger partial charge in [-0.1, -0.05) is 12.1 Å². The van der Waals surface area contributed by atoms with Crippen LogP contribution in [0.5, 0.6) is 5.75 Å². The number of halogens is 3. The summed E-state index contributed by atoms with van der Waals surface area (Å²) < 4.78 is 43.8. The van der Waals surface area contributed by atoms with E-state index in [1.54, 1.807) is 29.2 Å². The summed E-state index contributed by atoms with van der Waals surface area (Å²) in [5, 5.41) is 2.65. The van der Waals surface area contributed by atoms with Gasteiger partial charge in [0, 0.05) is 12.6 Å². The number of ether oxygens (including phenoxy) is 1. The third kappa shape index (κ3) is 4.58. The summed E-state index contributed by atoms with van der Waals surface area (Å²) in [5.74, 6) is -1.04. The highest BCUT2D eigenvalue weighted by Gasteiger charge is 2.32. The van der Waals surface area contributed by atoms with Crippen LogP contribution in [0.2, 0.25) is 0 Å². The molecule has 0 bridgehead atoms. The van der Waals surface area contributed by atoms with E-state index in [0.29, 0.717) is 17.8 Å².